The summed E-state index contributed by atoms with van der Waals surface area (Å²) >= 11 is 6.41. The molecule has 0 radical (unpaired) electrons. The second kappa shape index (κ2) is 3.00. The molecule has 1 aromatic rings. The molecule has 0 nitrogen and oxygen atoms in total. The summed E-state index contributed by atoms with van der Waals surface area (Å²) in [6, 6.07) is 8.88. The molecule has 0 unspecified atom stereocenters. The van der Waals surface area contributed by atoms with Gasteiger partial charge in [0.1, 0.15) is 0 Å². The zero-order valence-electron chi connectivity index (χ0n) is 8.41. The molecule has 0 aliphatic heterocycles. The lowest BCUT2D eigenvalue weighted by molar-refractivity contribution is 0.466. The number of halogens is 1. The maximum Gasteiger partial charge on any atom is 0.0413 e. The highest BCUT2D eigenvalue weighted by molar-refractivity contribution is 6.21. The summed E-state index contributed by atoms with van der Waals surface area (Å²) in [5.41, 5.74) is 3.12. The Morgan fingerprint density at radius 3 is 2.71 bits per heavy atom. The van der Waals surface area contributed by atoms with E-state index in [0.717, 1.165) is 11.8 Å². The van der Waals surface area contributed by atoms with Gasteiger partial charge in [-0.25, -0.2) is 0 Å². The number of fused-ring (bicyclic) bond motifs is 5. The monoisotopic (exact) mass is 206 g/mol. The standard InChI is InChI=1S/C13H15Cl/c1-2-8-11-7-12(14)13(8)10-6-4-3-5-9(10)11/h3-6,8,11-13H,2,7H2,1H3/t8-,11+,12+,13-/m1/s1. The molecule has 4 atom stereocenters. The Kier molecular flexibility index (Phi) is 1.88. The van der Waals surface area contributed by atoms with Crippen LogP contribution < -0.4 is 0 Å². The van der Waals surface area contributed by atoms with Crippen LogP contribution in [0.5, 0.6) is 0 Å². The van der Waals surface area contributed by atoms with Gasteiger partial charge in [0.25, 0.3) is 0 Å². The van der Waals surface area contributed by atoms with E-state index in [1.807, 2.05) is 0 Å². The summed E-state index contributed by atoms with van der Waals surface area (Å²) < 4.78 is 0. The van der Waals surface area contributed by atoms with Crippen molar-refractivity contribution >= 4 is 11.6 Å². The van der Waals surface area contributed by atoms with Gasteiger partial charge in [-0.2, -0.15) is 0 Å². The summed E-state index contributed by atoms with van der Waals surface area (Å²) in [6.45, 7) is 2.30. The zero-order chi connectivity index (χ0) is 9.71. The number of benzene rings is 1. The van der Waals surface area contributed by atoms with Crippen molar-refractivity contribution in [2.45, 2.75) is 37.0 Å². The Bertz CT molecular complexity index is 358. The summed E-state index contributed by atoms with van der Waals surface area (Å²) in [6.07, 6.45) is 2.47. The quantitative estimate of drug-likeness (QED) is 0.612. The molecule has 2 bridgehead atoms. The SMILES string of the molecule is CC[C@H]1[C@@H]2c3ccccc3[C@H]1C[C@@H]2Cl. The van der Waals surface area contributed by atoms with Gasteiger partial charge < -0.3 is 0 Å². The van der Waals surface area contributed by atoms with E-state index in [4.69, 9.17) is 11.6 Å². The zero-order valence-corrected chi connectivity index (χ0v) is 9.17. The van der Waals surface area contributed by atoms with Crippen molar-refractivity contribution in [3.63, 3.8) is 0 Å². The fraction of sp³-hybridized carbons (Fsp3) is 0.538. The summed E-state index contributed by atoms with van der Waals surface area (Å²) in [5, 5.41) is 0.389. The molecule has 0 heterocycles. The summed E-state index contributed by atoms with van der Waals surface area (Å²) in [7, 11) is 0. The third-order valence-corrected chi connectivity index (χ3v) is 4.52. The van der Waals surface area contributed by atoms with E-state index in [1.165, 1.54) is 18.4 Å². The molecule has 1 aromatic carbocycles. The van der Waals surface area contributed by atoms with E-state index in [9.17, 15) is 0 Å². The average Bonchev–Trinajstić information content (AvgIpc) is 2.69. The fourth-order valence-electron chi connectivity index (χ4n) is 3.56. The van der Waals surface area contributed by atoms with Gasteiger partial charge in [-0.1, -0.05) is 37.6 Å². The molecule has 3 rings (SSSR count). The van der Waals surface area contributed by atoms with Crippen LogP contribution in [0, 0.1) is 5.92 Å². The van der Waals surface area contributed by atoms with E-state index in [2.05, 4.69) is 31.2 Å². The van der Waals surface area contributed by atoms with Crippen LogP contribution in [0.4, 0.5) is 0 Å². The number of alkyl halides is 1. The molecule has 14 heavy (non-hydrogen) atoms. The molecule has 1 saturated carbocycles. The minimum absolute atomic E-state index is 0.389. The third kappa shape index (κ3) is 0.954. The number of hydrogen-bond acceptors (Lipinski definition) is 0. The van der Waals surface area contributed by atoms with Crippen LogP contribution in [0.3, 0.4) is 0 Å². The second-order valence-electron chi connectivity index (χ2n) is 4.58. The normalized spacial score (nSPS) is 38.7. The maximum atomic E-state index is 6.41. The van der Waals surface area contributed by atoms with E-state index >= 15 is 0 Å². The van der Waals surface area contributed by atoms with Crippen LogP contribution in [0.2, 0.25) is 0 Å². The highest BCUT2D eigenvalue weighted by Crippen LogP contribution is 2.59. The van der Waals surface area contributed by atoms with Crippen molar-refractivity contribution in [1.29, 1.82) is 0 Å². The molecule has 0 saturated heterocycles. The van der Waals surface area contributed by atoms with Gasteiger partial charge in [-0.3, -0.25) is 0 Å². The van der Waals surface area contributed by atoms with Gasteiger partial charge in [-0.05, 0) is 29.4 Å². The lowest BCUT2D eigenvalue weighted by Gasteiger charge is -2.19. The number of rotatable bonds is 1. The summed E-state index contributed by atoms with van der Waals surface area (Å²) in [5.74, 6) is 2.21. The van der Waals surface area contributed by atoms with Gasteiger partial charge in [0.05, 0.1) is 0 Å². The Morgan fingerprint density at radius 2 is 2.00 bits per heavy atom. The van der Waals surface area contributed by atoms with E-state index in [0.29, 0.717) is 11.3 Å². The fourth-order valence-corrected chi connectivity index (χ4v) is 4.07. The number of hydrogen-bond donors (Lipinski definition) is 0. The van der Waals surface area contributed by atoms with Gasteiger partial charge in [0.15, 0.2) is 0 Å². The first-order chi connectivity index (χ1) is 6.83. The van der Waals surface area contributed by atoms with Crippen molar-refractivity contribution in [3.8, 4) is 0 Å². The Labute approximate surface area is 90.3 Å². The molecule has 2 aliphatic carbocycles. The van der Waals surface area contributed by atoms with Crippen LogP contribution in [-0.2, 0) is 0 Å². The van der Waals surface area contributed by atoms with Crippen molar-refractivity contribution < 1.29 is 0 Å². The van der Waals surface area contributed by atoms with Gasteiger partial charge >= 0.3 is 0 Å². The van der Waals surface area contributed by atoms with Crippen molar-refractivity contribution in [2.24, 2.45) is 5.92 Å². The summed E-state index contributed by atoms with van der Waals surface area (Å²) in [4.78, 5) is 0. The van der Waals surface area contributed by atoms with Gasteiger partial charge in [-0.15, -0.1) is 11.6 Å². The van der Waals surface area contributed by atoms with Crippen LogP contribution in [0.15, 0.2) is 24.3 Å². The molecule has 1 fully saturated rings. The van der Waals surface area contributed by atoms with Crippen molar-refractivity contribution in [2.75, 3.05) is 0 Å². The Balaban J connectivity index is 2.12. The lowest BCUT2D eigenvalue weighted by Crippen LogP contribution is -2.10. The van der Waals surface area contributed by atoms with Gasteiger partial charge in [0.2, 0.25) is 0 Å². The molecule has 0 spiro atoms. The van der Waals surface area contributed by atoms with E-state index in [-0.39, 0.29) is 0 Å². The predicted molar refractivity (Wildman–Crippen MR) is 60.0 cm³/mol. The van der Waals surface area contributed by atoms with Crippen LogP contribution >= 0.6 is 11.6 Å². The molecular formula is C13H15Cl. The minimum atomic E-state index is 0.389. The highest BCUT2D eigenvalue weighted by Gasteiger charge is 2.49. The first kappa shape index (κ1) is 8.79. The third-order valence-electron chi connectivity index (χ3n) is 4.07. The first-order valence-corrected chi connectivity index (χ1v) is 5.99. The lowest BCUT2D eigenvalue weighted by atomic mass is 9.92. The predicted octanol–water partition coefficient (Wildman–Crippen LogP) is 3.90. The molecule has 1 heteroatoms. The Morgan fingerprint density at radius 1 is 1.29 bits per heavy atom. The molecular weight excluding hydrogens is 192 g/mol. The van der Waals surface area contributed by atoms with Crippen LogP contribution in [-0.4, -0.2) is 5.38 Å². The molecule has 0 amide bonds. The average molecular weight is 207 g/mol. The molecule has 0 N–H and O–H groups in total. The topological polar surface area (TPSA) is 0 Å². The molecule has 74 valence electrons. The first-order valence-electron chi connectivity index (χ1n) is 5.55. The molecule has 2 aliphatic rings. The van der Waals surface area contributed by atoms with Gasteiger partial charge in [0, 0.05) is 11.3 Å². The van der Waals surface area contributed by atoms with E-state index in [1.54, 1.807) is 5.56 Å². The molecule has 0 aromatic heterocycles. The van der Waals surface area contributed by atoms with Crippen molar-refractivity contribution in [1.82, 2.24) is 0 Å². The van der Waals surface area contributed by atoms with E-state index < -0.39 is 0 Å². The van der Waals surface area contributed by atoms with Crippen molar-refractivity contribution in [3.05, 3.63) is 35.4 Å². The largest absolute Gasteiger partial charge is 0.122 e. The maximum absolute atomic E-state index is 6.41. The van der Waals surface area contributed by atoms with Crippen LogP contribution in [0.25, 0.3) is 0 Å². The minimum Gasteiger partial charge on any atom is -0.122 e. The van der Waals surface area contributed by atoms with Crippen LogP contribution in [0.1, 0.15) is 42.7 Å². The smallest absolute Gasteiger partial charge is 0.0413 e. The Hall–Kier alpha value is -0.490. The second-order valence-corrected chi connectivity index (χ2v) is 5.15. The highest BCUT2D eigenvalue weighted by atomic mass is 35.5.